The first-order valence-corrected chi connectivity index (χ1v) is 14.5. The Morgan fingerprint density at radius 3 is 2.66 bits per heavy atom. The molecule has 0 bridgehead atoms. The fourth-order valence-corrected chi connectivity index (χ4v) is 6.32. The van der Waals surface area contributed by atoms with Crippen LogP contribution in [0.2, 0.25) is 0 Å². The van der Waals surface area contributed by atoms with Crippen LogP contribution in [-0.4, -0.2) is 23.2 Å². The van der Waals surface area contributed by atoms with Crippen LogP contribution in [0.25, 0.3) is 0 Å². The number of furan rings is 1. The molecular weight excluding hydrogens is 536 g/mol. The number of nitrogens with zero attached hydrogens (tertiary/aromatic N) is 1. The number of carbonyl (C=O) groups excluding carboxylic acids is 1. The molecule has 1 aliphatic carbocycles. The first-order valence-electron chi connectivity index (χ1n) is 13.7. The molecule has 212 valence electrons. The lowest BCUT2D eigenvalue weighted by Crippen LogP contribution is -2.28. The van der Waals surface area contributed by atoms with Crippen LogP contribution in [0.1, 0.15) is 75.2 Å². The number of hydrogen-bond donors (Lipinski definition) is 2. The summed E-state index contributed by atoms with van der Waals surface area (Å²) in [6.45, 7) is 7.44. The molecule has 0 radical (unpaired) electrons. The predicted molar refractivity (Wildman–Crippen MR) is 161 cm³/mol. The zero-order valence-corrected chi connectivity index (χ0v) is 24.3. The summed E-state index contributed by atoms with van der Waals surface area (Å²) in [5, 5.41) is 12.9. The number of nitrogens with one attached hydrogen (secondary N) is 1. The fourth-order valence-electron chi connectivity index (χ4n) is 5.05. The normalized spacial score (nSPS) is 15.0. The molecular formula is C33H34N2O5S. The highest BCUT2D eigenvalue weighted by Gasteiger charge is 2.33. The highest BCUT2D eigenvalue weighted by molar-refractivity contribution is 7.16. The van der Waals surface area contributed by atoms with Crippen LogP contribution in [0.4, 0.5) is 5.00 Å². The van der Waals surface area contributed by atoms with Gasteiger partial charge in [0, 0.05) is 11.1 Å². The molecule has 4 aromatic rings. The van der Waals surface area contributed by atoms with E-state index in [4.69, 9.17) is 14.1 Å². The summed E-state index contributed by atoms with van der Waals surface area (Å²) in [7, 11) is 0. The van der Waals surface area contributed by atoms with Crippen molar-refractivity contribution in [3.8, 4) is 5.75 Å². The van der Waals surface area contributed by atoms with Gasteiger partial charge in [0.05, 0.1) is 23.9 Å². The average Bonchev–Trinajstić information content (AvgIpc) is 3.61. The van der Waals surface area contributed by atoms with E-state index < -0.39 is 5.97 Å². The highest BCUT2D eigenvalue weighted by atomic mass is 32.1. The number of thiophene rings is 1. The molecule has 0 saturated carbocycles. The summed E-state index contributed by atoms with van der Waals surface area (Å²) in [5.41, 5.74) is 3.89. The maximum atomic E-state index is 13.4. The number of carboxylic acids is 1. The minimum atomic E-state index is -0.964. The summed E-state index contributed by atoms with van der Waals surface area (Å²) >= 11 is 1.62. The molecule has 7 nitrogen and oxygen atoms in total. The first-order chi connectivity index (χ1) is 19.7. The lowest BCUT2D eigenvalue weighted by molar-refractivity contribution is 0.0696. The topological polar surface area (TPSA) is 101 Å². The summed E-state index contributed by atoms with van der Waals surface area (Å²) in [4.78, 5) is 30.7. The number of benzene rings is 2. The Morgan fingerprint density at radius 2 is 1.95 bits per heavy atom. The zero-order chi connectivity index (χ0) is 29.0. The highest BCUT2D eigenvalue weighted by Crippen LogP contribution is 2.45. The lowest BCUT2D eigenvalue weighted by Gasteiger charge is -2.33. The Morgan fingerprint density at radius 1 is 1.15 bits per heavy atom. The van der Waals surface area contributed by atoms with Gasteiger partial charge in [-0.2, -0.15) is 0 Å². The van der Waals surface area contributed by atoms with Gasteiger partial charge in [0.2, 0.25) is 0 Å². The molecule has 1 atom stereocenters. The van der Waals surface area contributed by atoms with Gasteiger partial charge >= 0.3 is 5.97 Å². The molecule has 1 amide bonds. The average molecular weight is 571 g/mol. The zero-order valence-electron chi connectivity index (χ0n) is 23.5. The molecule has 41 heavy (non-hydrogen) atoms. The molecule has 0 spiro atoms. The summed E-state index contributed by atoms with van der Waals surface area (Å²) in [6, 6.07) is 17.9. The van der Waals surface area contributed by atoms with E-state index in [-0.39, 0.29) is 23.5 Å². The Bertz CT molecular complexity index is 1550. The molecule has 2 aromatic carbocycles. The molecule has 2 aromatic heterocycles. The van der Waals surface area contributed by atoms with Gasteiger partial charge < -0.3 is 19.6 Å². The Hall–Kier alpha value is -4.17. The monoisotopic (exact) mass is 570 g/mol. The third kappa shape index (κ3) is 6.95. The van der Waals surface area contributed by atoms with Crippen molar-refractivity contribution in [1.29, 1.82) is 0 Å². The van der Waals surface area contributed by atoms with E-state index in [1.165, 1.54) is 4.88 Å². The van der Waals surface area contributed by atoms with Crippen molar-refractivity contribution >= 4 is 34.4 Å². The number of ether oxygens (including phenoxy) is 1. The van der Waals surface area contributed by atoms with Crippen LogP contribution in [0.3, 0.4) is 0 Å². The molecule has 0 unspecified atom stereocenters. The second-order valence-electron chi connectivity index (χ2n) is 11.4. The second kappa shape index (κ2) is 12.1. The van der Waals surface area contributed by atoms with Gasteiger partial charge in [0.25, 0.3) is 5.91 Å². The van der Waals surface area contributed by atoms with Gasteiger partial charge in [-0.15, -0.1) is 11.3 Å². The van der Waals surface area contributed by atoms with E-state index in [0.29, 0.717) is 29.5 Å². The number of aliphatic imine (C=N–C) groups is 1. The molecule has 0 fully saturated rings. The van der Waals surface area contributed by atoms with Crippen molar-refractivity contribution in [2.45, 2.75) is 53.2 Å². The minimum absolute atomic E-state index is 0.129. The standard InChI is InChI=1S/C33H34N2O5S/c1-33(2,3)24-11-14-27-28(17-24)41-31(29(27)30(36)34-19-26-8-5-15-39-26)35-18-21-9-12-25(13-10-21)40-20-22-6-4-7-23(16-22)32(37)38/h4-10,12-13,15-16,18,24H,11,14,17,19-20H2,1-3H3,(H,34,36)(H,37,38)/t24-/m1/s1. The van der Waals surface area contributed by atoms with Crippen molar-refractivity contribution < 1.29 is 23.8 Å². The molecule has 0 aliphatic heterocycles. The van der Waals surface area contributed by atoms with Crippen LogP contribution in [0.5, 0.6) is 5.75 Å². The first kappa shape index (κ1) is 28.4. The van der Waals surface area contributed by atoms with Gasteiger partial charge in [-0.3, -0.25) is 4.79 Å². The third-order valence-electron chi connectivity index (χ3n) is 7.49. The van der Waals surface area contributed by atoms with Gasteiger partial charge in [0.15, 0.2) is 0 Å². The number of amides is 1. The maximum Gasteiger partial charge on any atom is 0.335 e. The predicted octanol–water partition coefficient (Wildman–Crippen LogP) is 7.45. The van der Waals surface area contributed by atoms with Crippen molar-refractivity contribution in [2.24, 2.45) is 16.3 Å². The Labute approximate surface area is 243 Å². The van der Waals surface area contributed by atoms with Gasteiger partial charge in [-0.25, -0.2) is 9.79 Å². The van der Waals surface area contributed by atoms with E-state index in [2.05, 4.69) is 26.1 Å². The number of fused-ring (bicyclic) bond motifs is 1. The number of carbonyl (C=O) groups is 2. The van der Waals surface area contributed by atoms with Crippen LogP contribution in [0, 0.1) is 11.3 Å². The fraction of sp³-hybridized carbons (Fsp3) is 0.303. The number of hydrogen-bond acceptors (Lipinski definition) is 6. The third-order valence-corrected chi connectivity index (χ3v) is 8.65. The van der Waals surface area contributed by atoms with E-state index in [9.17, 15) is 14.7 Å². The smallest absolute Gasteiger partial charge is 0.335 e. The number of rotatable bonds is 9. The molecule has 1 aliphatic rings. The van der Waals surface area contributed by atoms with Crippen molar-refractivity contribution in [3.05, 3.63) is 105 Å². The van der Waals surface area contributed by atoms with Gasteiger partial charge in [0.1, 0.15) is 23.1 Å². The van der Waals surface area contributed by atoms with E-state index in [1.54, 1.807) is 42.0 Å². The van der Waals surface area contributed by atoms with Crippen LogP contribution in [0.15, 0.2) is 76.3 Å². The van der Waals surface area contributed by atoms with Crippen LogP contribution in [-0.2, 0) is 26.0 Å². The largest absolute Gasteiger partial charge is 0.489 e. The number of aromatic carboxylic acids is 1. The van der Waals surface area contributed by atoms with E-state index >= 15 is 0 Å². The molecule has 2 N–H and O–H groups in total. The lowest BCUT2D eigenvalue weighted by atomic mass is 9.72. The quantitative estimate of drug-likeness (QED) is 0.204. The van der Waals surface area contributed by atoms with Gasteiger partial charge in [-0.05, 0) is 95.8 Å². The summed E-state index contributed by atoms with van der Waals surface area (Å²) in [5.74, 6) is 0.840. The minimum Gasteiger partial charge on any atom is -0.489 e. The van der Waals surface area contributed by atoms with Crippen molar-refractivity contribution in [1.82, 2.24) is 5.32 Å². The van der Waals surface area contributed by atoms with Crippen molar-refractivity contribution in [2.75, 3.05) is 0 Å². The van der Waals surface area contributed by atoms with Crippen molar-refractivity contribution in [3.63, 3.8) is 0 Å². The SMILES string of the molecule is CC(C)(C)[C@@H]1CCc2c(sc(N=Cc3ccc(OCc4cccc(C(=O)O)c4)cc3)c2C(=O)NCc2ccco2)C1. The molecule has 0 saturated heterocycles. The van der Waals surface area contributed by atoms with E-state index in [1.807, 2.05) is 42.5 Å². The van der Waals surface area contributed by atoms with Crippen LogP contribution >= 0.6 is 11.3 Å². The van der Waals surface area contributed by atoms with Gasteiger partial charge in [-0.1, -0.05) is 32.9 Å². The molecule has 8 heteroatoms. The maximum absolute atomic E-state index is 13.4. The van der Waals surface area contributed by atoms with E-state index in [0.717, 1.165) is 41.0 Å². The number of carboxylic acid groups (broad SMARTS) is 1. The Balaban J connectivity index is 1.32. The second-order valence-corrected chi connectivity index (χ2v) is 12.5. The summed E-state index contributed by atoms with van der Waals surface area (Å²) < 4.78 is 11.2. The van der Waals surface area contributed by atoms with Crippen LogP contribution < -0.4 is 10.1 Å². The summed E-state index contributed by atoms with van der Waals surface area (Å²) in [6.07, 6.45) is 6.26. The molecule has 5 rings (SSSR count). The molecule has 2 heterocycles. The Kier molecular flexibility index (Phi) is 8.40.